The molecule has 5 aromatic carbocycles. The summed E-state index contributed by atoms with van der Waals surface area (Å²) in [4.78, 5) is 2.53. The predicted molar refractivity (Wildman–Crippen MR) is 141 cm³/mol. The minimum atomic E-state index is -0.0248. The van der Waals surface area contributed by atoms with E-state index in [0.29, 0.717) is 6.04 Å². The molecule has 1 nitrogen and oxygen atoms in total. The highest BCUT2D eigenvalue weighted by Gasteiger charge is 2.38. The summed E-state index contributed by atoms with van der Waals surface area (Å²) in [5.41, 5.74) is 9.77. The van der Waals surface area contributed by atoms with E-state index in [9.17, 15) is 0 Å². The Morgan fingerprint density at radius 2 is 1.52 bits per heavy atom. The molecular weight excluding hydrogens is 398 g/mol. The number of benzene rings is 5. The SMILES string of the molecule is CC1Cc2ccccc2N1c1ccc2c(c1)C(C)(C)c1ccc3c(ccc4ccccc43)c1-2. The smallest absolute Gasteiger partial charge is 0.0446 e. The van der Waals surface area contributed by atoms with Gasteiger partial charge in [-0.15, -0.1) is 0 Å². The molecule has 0 fully saturated rings. The van der Waals surface area contributed by atoms with Gasteiger partial charge >= 0.3 is 0 Å². The van der Waals surface area contributed by atoms with Gasteiger partial charge in [-0.05, 0) is 80.9 Å². The zero-order valence-electron chi connectivity index (χ0n) is 19.4. The van der Waals surface area contributed by atoms with Gasteiger partial charge in [-0.1, -0.05) is 86.6 Å². The molecule has 1 aliphatic carbocycles. The Morgan fingerprint density at radius 1 is 0.727 bits per heavy atom. The van der Waals surface area contributed by atoms with Crippen molar-refractivity contribution in [2.45, 2.75) is 38.6 Å². The minimum absolute atomic E-state index is 0.0248. The highest BCUT2D eigenvalue weighted by molar-refractivity contribution is 6.14. The molecule has 0 radical (unpaired) electrons. The lowest BCUT2D eigenvalue weighted by Gasteiger charge is -2.28. The number of rotatable bonds is 1. The molecule has 0 amide bonds. The lowest BCUT2D eigenvalue weighted by atomic mass is 9.81. The van der Waals surface area contributed by atoms with E-state index >= 15 is 0 Å². The molecule has 1 aliphatic heterocycles. The summed E-state index contributed by atoms with van der Waals surface area (Å²) in [6, 6.07) is 34.5. The van der Waals surface area contributed by atoms with Crippen molar-refractivity contribution in [1.82, 2.24) is 0 Å². The first-order valence-corrected chi connectivity index (χ1v) is 12.0. The third-order valence-electron chi connectivity index (χ3n) is 8.03. The molecule has 0 spiro atoms. The Bertz CT molecular complexity index is 1590. The lowest BCUT2D eigenvalue weighted by Crippen LogP contribution is -2.24. The quantitative estimate of drug-likeness (QED) is 0.244. The highest BCUT2D eigenvalue weighted by Crippen LogP contribution is 2.53. The molecule has 33 heavy (non-hydrogen) atoms. The zero-order valence-corrected chi connectivity index (χ0v) is 19.4. The lowest BCUT2D eigenvalue weighted by molar-refractivity contribution is 0.660. The largest absolute Gasteiger partial charge is 0.338 e. The zero-order chi connectivity index (χ0) is 22.3. The van der Waals surface area contributed by atoms with Gasteiger partial charge in [0.1, 0.15) is 0 Å². The van der Waals surface area contributed by atoms with E-state index in [0.717, 1.165) is 6.42 Å². The van der Waals surface area contributed by atoms with Gasteiger partial charge in [0.25, 0.3) is 0 Å². The van der Waals surface area contributed by atoms with Crippen LogP contribution in [-0.2, 0) is 11.8 Å². The second-order valence-electron chi connectivity index (χ2n) is 10.3. The normalized spacial score (nSPS) is 17.9. The van der Waals surface area contributed by atoms with Crippen molar-refractivity contribution in [3.63, 3.8) is 0 Å². The molecule has 160 valence electrons. The van der Waals surface area contributed by atoms with Gasteiger partial charge in [0.15, 0.2) is 0 Å². The molecule has 1 unspecified atom stereocenters. The van der Waals surface area contributed by atoms with Crippen LogP contribution in [0.3, 0.4) is 0 Å². The molecule has 2 aliphatic rings. The van der Waals surface area contributed by atoms with Crippen LogP contribution in [0.4, 0.5) is 11.4 Å². The number of fused-ring (bicyclic) bond motifs is 8. The first kappa shape index (κ1) is 18.9. The highest BCUT2D eigenvalue weighted by atomic mass is 15.2. The van der Waals surface area contributed by atoms with Crippen LogP contribution in [0.2, 0.25) is 0 Å². The maximum absolute atomic E-state index is 2.53. The molecule has 0 saturated carbocycles. The molecule has 5 aromatic rings. The van der Waals surface area contributed by atoms with E-state index in [4.69, 9.17) is 0 Å². The molecule has 1 heteroatoms. The summed E-state index contributed by atoms with van der Waals surface area (Å²) in [7, 11) is 0. The third kappa shape index (κ3) is 2.48. The van der Waals surface area contributed by atoms with Crippen molar-refractivity contribution in [1.29, 1.82) is 0 Å². The fraction of sp³-hybridized carbons (Fsp3) is 0.188. The number of hydrogen-bond acceptors (Lipinski definition) is 1. The van der Waals surface area contributed by atoms with Crippen molar-refractivity contribution >= 4 is 32.9 Å². The summed E-state index contributed by atoms with van der Waals surface area (Å²) >= 11 is 0. The van der Waals surface area contributed by atoms with E-state index in [-0.39, 0.29) is 5.41 Å². The van der Waals surface area contributed by atoms with Crippen LogP contribution in [0.1, 0.15) is 37.5 Å². The van der Waals surface area contributed by atoms with E-state index < -0.39 is 0 Å². The first-order valence-electron chi connectivity index (χ1n) is 12.0. The van der Waals surface area contributed by atoms with Crippen molar-refractivity contribution in [3.8, 4) is 11.1 Å². The van der Waals surface area contributed by atoms with Crippen LogP contribution in [0.15, 0.2) is 91.0 Å². The summed E-state index contributed by atoms with van der Waals surface area (Å²) in [5, 5.41) is 5.36. The molecule has 0 N–H and O–H groups in total. The van der Waals surface area contributed by atoms with Crippen molar-refractivity contribution in [3.05, 3.63) is 108 Å². The third-order valence-corrected chi connectivity index (χ3v) is 8.03. The van der Waals surface area contributed by atoms with E-state index in [1.165, 1.54) is 60.7 Å². The maximum Gasteiger partial charge on any atom is 0.0446 e. The summed E-state index contributed by atoms with van der Waals surface area (Å²) in [6.07, 6.45) is 1.11. The fourth-order valence-electron chi connectivity index (χ4n) is 6.42. The minimum Gasteiger partial charge on any atom is -0.338 e. The molecule has 1 heterocycles. The van der Waals surface area contributed by atoms with Crippen LogP contribution in [0.5, 0.6) is 0 Å². The van der Waals surface area contributed by atoms with Crippen molar-refractivity contribution < 1.29 is 0 Å². The maximum atomic E-state index is 2.53. The van der Waals surface area contributed by atoms with Gasteiger partial charge in [0.05, 0.1) is 0 Å². The van der Waals surface area contributed by atoms with Crippen molar-refractivity contribution in [2.24, 2.45) is 0 Å². The Kier molecular flexibility index (Phi) is 3.72. The van der Waals surface area contributed by atoms with Crippen LogP contribution < -0.4 is 4.90 Å². The molecule has 0 aromatic heterocycles. The number of anilines is 2. The number of nitrogens with zero attached hydrogens (tertiary/aromatic N) is 1. The fourth-order valence-corrected chi connectivity index (χ4v) is 6.42. The van der Waals surface area contributed by atoms with Crippen LogP contribution in [-0.4, -0.2) is 6.04 Å². The van der Waals surface area contributed by atoms with E-state index in [2.05, 4.69) is 117 Å². The Balaban J connectivity index is 1.46. The van der Waals surface area contributed by atoms with E-state index in [1.807, 2.05) is 0 Å². The second-order valence-corrected chi connectivity index (χ2v) is 10.3. The van der Waals surface area contributed by atoms with Crippen molar-refractivity contribution in [2.75, 3.05) is 4.90 Å². The van der Waals surface area contributed by atoms with Crippen LogP contribution in [0.25, 0.3) is 32.7 Å². The topological polar surface area (TPSA) is 3.24 Å². The monoisotopic (exact) mass is 425 g/mol. The first-order chi connectivity index (χ1) is 16.0. The van der Waals surface area contributed by atoms with Gasteiger partial charge < -0.3 is 4.90 Å². The van der Waals surface area contributed by atoms with Gasteiger partial charge in [0.2, 0.25) is 0 Å². The average Bonchev–Trinajstić information content (AvgIpc) is 3.29. The molecule has 1 atom stereocenters. The Morgan fingerprint density at radius 3 is 2.42 bits per heavy atom. The van der Waals surface area contributed by atoms with E-state index in [1.54, 1.807) is 0 Å². The Labute approximate surface area is 195 Å². The summed E-state index contributed by atoms with van der Waals surface area (Å²) in [6.45, 7) is 7.11. The molecular formula is C32H27N. The van der Waals surface area contributed by atoms with Crippen LogP contribution in [0, 0.1) is 0 Å². The van der Waals surface area contributed by atoms with Crippen LogP contribution >= 0.6 is 0 Å². The number of para-hydroxylation sites is 1. The van der Waals surface area contributed by atoms with Gasteiger partial charge in [0, 0.05) is 22.8 Å². The molecule has 0 saturated heterocycles. The predicted octanol–water partition coefficient (Wildman–Crippen LogP) is 8.38. The molecule has 0 bridgehead atoms. The number of hydrogen-bond donors (Lipinski definition) is 0. The van der Waals surface area contributed by atoms with Gasteiger partial charge in [-0.3, -0.25) is 0 Å². The second kappa shape index (κ2) is 6.48. The summed E-state index contributed by atoms with van der Waals surface area (Å²) < 4.78 is 0. The Hall–Kier alpha value is -3.58. The van der Waals surface area contributed by atoms with Gasteiger partial charge in [-0.25, -0.2) is 0 Å². The van der Waals surface area contributed by atoms with Gasteiger partial charge in [-0.2, -0.15) is 0 Å². The average molecular weight is 426 g/mol. The summed E-state index contributed by atoms with van der Waals surface area (Å²) in [5.74, 6) is 0. The standard InChI is InChI=1S/C32H27N/c1-20-18-22-9-5-7-11-30(22)33(20)23-13-15-27-29(19-23)32(2,3)28-17-16-25-24-10-6-4-8-21(24)12-14-26(25)31(27)28/h4-17,19-20H,18H2,1-3H3. The molecule has 7 rings (SSSR count).